The highest BCUT2D eigenvalue weighted by atomic mass is 19.1. The molecule has 0 radical (unpaired) electrons. The van der Waals surface area contributed by atoms with Gasteiger partial charge in [-0.25, -0.2) is 18.7 Å². The molecule has 7 nitrogen and oxygen atoms in total. The number of nitrogens with one attached hydrogen (secondary N) is 1. The standard InChI is InChI=1S/C28H28F2N6O/c1-18-27(19-4-5-32-25(12-19)36-6-2-3-7-36)34-24-14-20(29)13-23(30)26(24)28(18)33-21-15-22(17-31-16-21)35-8-10-37-11-9-35/h4-5,12-17H,2-3,6-11H2,1H3,(H,33,34). The van der Waals surface area contributed by atoms with E-state index in [4.69, 9.17) is 9.72 Å². The minimum absolute atomic E-state index is 0.244. The number of pyridine rings is 3. The molecule has 2 aliphatic rings. The van der Waals surface area contributed by atoms with Crippen LogP contribution in [0.5, 0.6) is 0 Å². The molecule has 0 bridgehead atoms. The minimum Gasteiger partial charge on any atom is -0.378 e. The van der Waals surface area contributed by atoms with Crippen molar-refractivity contribution in [2.75, 3.05) is 54.5 Å². The summed E-state index contributed by atoms with van der Waals surface area (Å²) in [7, 11) is 0. The summed E-state index contributed by atoms with van der Waals surface area (Å²) in [4.78, 5) is 18.1. The summed E-state index contributed by atoms with van der Waals surface area (Å²) >= 11 is 0. The van der Waals surface area contributed by atoms with E-state index in [9.17, 15) is 4.39 Å². The number of nitrogens with zero attached hydrogens (tertiary/aromatic N) is 5. The van der Waals surface area contributed by atoms with E-state index in [1.165, 1.54) is 6.07 Å². The second-order valence-electron chi connectivity index (χ2n) is 9.50. The number of hydrogen-bond acceptors (Lipinski definition) is 7. The lowest BCUT2D eigenvalue weighted by Crippen LogP contribution is -2.36. The maximum Gasteiger partial charge on any atom is 0.137 e. The number of hydrogen-bond donors (Lipinski definition) is 1. The summed E-state index contributed by atoms with van der Waals surface area (Å²) in [6.45, 7) is 6.73. The van der Waals surface area contributed by atoms with Crippen molar-refractivity contribution in [2.24, 2.45) is 0 Å². The maximum absolute atomic E-state index is 15.2. The van der Waals surface area contributed by atoms with Gasteiger partial charge in [0.25, 0.3) is 0 Å². The Kier molecular flexibility index (Phi) is 6.30. The Bertz CT molecular complexity index is 1450. The van der Waals surface area contributed by atoms with Crippen LogP contribution in [0.15, 0.2) is 48.9 Å². The van der Waals surface area contributed by atoms with Crippen LogP contribution in [0.1, 0.15) is 18.4 Å². The van der Waals surface area contributed by atoms with Crippen molar-refractivity contribution < 1.29 is 13.5 Å². The Morgan fingerprint density at radius 3 is 2.57 bits per heavy atom. The van der Waals surface area contributed by atoms with Crippen molar-refractivity contribution in [3.05, 3.63) is 66.1 Å². The first kappa shape index (κ1) is 23.5. The molecule has 0 saturated carbocycles. The average Bonchev–Trinajstić information content (AvgIpc) is 3.46. The fraction of sp³-hybridized carbons (Fsp3) is 0.321. The van der Waals surface area contributed by atoms with Gasteiger partial charge in [-0.2, -0.15) is 0 Å². The zero-order chi connectivity index (χ0) is 25.4. The third-order valence-electron chi connectivity index (χ3n) is 7.07. The van der Waals surface area contributed by atoms with Gasteiger partial charge >= 0.3 is 0 Å². The van der Waals surface area contributed by atoms with E-state index in [2.05, 4.69) is 25.1 Å². The fourth-order valence-electron chi connectivity index (χ4n) is 5.16. The van der Waals surface area contributed by atoms with Crippen LogP contribution in [-0.2, 0) is 4.74 Å². The molecular formula is C28H28F2N6O. The number of fused-ring (bicyclic) bond motifs is 1. The SMILES string of the molecule is Cc1c(-c2ccnc(N3CCCC3)c2)nc2cc(F)cc(F)c2c1Nc1cncc(N2CCOCC2)c1. The number of ether oxygens (including phenoxy) is 1. The summed E-state index contributed by atoms with van der Waals surface area (Å²) in [5.74, 6) is -0.440. The van der Waals surface area contributed by atoms with Gasteiger partial charge in [0, 0.05) is 50.1 Å². The summed E-state index contributed by atoms with van der Waals surface area (Å²) in [6, 6.07) is 8.06. The number of anilines is 4. The van der Waals surface area contributed by atoms with Crippen molar-refractivity contribution in [3.8, 4) is 11.3 Å². The molecule has 190 valence electrons. The summed E-state index contributed by atoms with van der Waals surface area (Å²) in [6.07, 6.45) is 7.57. The van der Waals surface area contributed by atoms with E-state index in [1.807, 2.05) is 31.3 Å². The van der Waals surface area contributed by atoms with Crippen LogP contribution in [0.25, 0.3) is 22.2 Å². The van der Waals surface area contributed by atoms with Gasteiger partial charge in [-0.1, -0.05) is 0 Å². The highest BCUT2D eigenvalue weighted by Gasteiger charge is 2.20. The van der Waals surface area contributed by atoms with Crippen LogP contribution in [0.3, 0.4) is 0 Å². The fourth-order valence-corrected chi connectivity index (χ4v) is 5.16. The van der Waals surface area contributed by atoms with E-state index in [-0.39, 0.29) is 10.9 Å². The highest BCUT2D eigenvalue weighted by molar-refractivity contribution is 5.98. The Morgan fingerprint density at radius 2 is 1.76 bits per heavy atom. The third kappa shape index (κ3) is 4.67. The van der Waals surface area contributed by atoms with Crippen LogP contribution >= 0.6 is 0 Å². The van der Waals surface area contributed by atoms with Crippen molar-refractivity contribution in [1.82, 2.24) is 15.0 Å². The zero-order valence-corrected chi connectivity index (χ0v) is 20.7. The van der Waals surface area contributed by atoms with Crippen LogP contribution in [0.2, 0.25) is 0 Å². The second-order valence-corrected chi connectivity index (χ2v) is 9.50. The number of rotatable bonds is 5. The van der Waals surface area contributed by atoms with Crippen molar-refractivity contribution in [3.63, 3.8) is 0 Å². The van der Waals surface area contributed by atoms with Gasteiger partial charge in [-0.05, 0) is 43.5 Å². The molecule has 0 amide bonds. The number of morpholine rings is 1. The monoisotopic (exact) mass is 502 g/mol. The third-order valence-corrected chi connectivity index (χ3v) is 7.07. The first-order valence-electron chi connectivity index (χ1n) is 12.6. The van der Waals surface area contributed by atoms with Gasteiger partial charge in [0.05, 0.1) is 59.3 Å². The molecular weight excluding hydrogens is 474 g/mol. The van der Waals surface area contributed by atoms with Gasteiger partial charge in [0.1, 0.15) is 17.5 Å². The largest absolute Gasteiger partial charge is 0.378 e. The van der Waals surface area contributed by atoms with Crippen molar-refractivity contribution >= 4 is 33.8 Å². The van der Waals surface area contributed by atoms with Gasteiger partial charge in [-0.15, -0.1) is 0 Å². The lowest BCUT2D eigenvalue weighted by molar-refractivity contribution is 0.122. The molecule has 3 aromatic heterocycles. The van der Waals surface area contributed by atoms with E-state index in [0.29, 0.717) is 30.3 Å². The molecule has 0 unspecified atom stereocenters. The smallest absolute Gasteiger partial charge is 0.137 e. The van der Waals surface area contributed by atoms with Crippen LogP contribution in [-0.4, -0.2) is 54.3 Å². The number of aromatic nitrogens is 3. The van der Waals surface area contributed by atoms with Crippen LogP contribution in [0.4, 0.5) is 31.7 Å². The summed E-state index contributed by atoms with van der Waals surface area (Å²) < 4.78 is 34.9. The van der Waals surface area contributed by atoms with E-state index in [1.54, 1.807) is 12.4 Å². The molecule has 1 aromatic carbocycles. The molecule has 37 heavy (non-hydrogen) atoms. The lowest BCUT2D eigenvalue weighted by Gasteiger charge is -2.28. The molecule has 2 saturated heterocycles. The summed E-state index contributed by atoms with van der Waals surface area (Å²) in [5, 5.41) is 3.63. The van der Waals surface area contributed by atoms with Crippen molar-refractivity contribution in [1.29, 1.82) is 0 Å². The predicted molar refractivity (Wildman–Crippen MR) is 142 cm³/mol. The highest BCUT2D eigenvalue weighted by Crippen LogP contribution is 2.38. The van der Waals surface area contributed by atoms with Crippen LogP contribution in [0, 0.1) is 18.6 Å². The quantitative estimate of drug-likeness (QED) is 0.389. The number of halogens is 2. The van der Waals surface area contributed by atoms with Crippen LogP contribution < -0.4 is 15.1 Å². The molecule has 6 rings (SSSR count). The van der Waals surface area contributed by atoms with E-state index in [0.717, 1.165) is 67.7 Å². The Balaban J connectivity index is 1.45. The summed E-state index contributed by atoms with van der Waals surface area (Å²) in [5.41, 5.74) is 4.72. The topological polar surface area (TPSA) is 66.4 Å². The normalized spacial score (nSPS) is 16.0. The lowest BCUT2D eigenvalue weighted by atomic mass is 10.0. The molecule has 9 heteroatoms. The van der Waals surface area contributed by atoms with Gasteiger partial charge < -0.3 is 19.9 Å². The van der Waals surface area contributed by atoms with E-state index >= 15 is 4.39 Å². The number of benzene rings is 1. The molecule has 4 aromatic rings. The second kappa shape index (κ2) is 9.89. The molecule has 0 aliphatic carbocycles. The molecule has 2 aliphatic heterocycles. The van der Waals surface area contributed by atoms with Gasteiger partial charge in [-0.3, -0.25) is 4.98 Å². The van der Waals surface area contributed by atoms with E-state index < -0.39 is 11.6 Å². The van der Waals surface area contributed by atoms with Gasteiger partial charge in [0.2, 0.25) is 0 Å². The maximum atomic E-state index is 15.2. The Morgan fingerprint density at radius 1 is 0.946 bits per heavy atom. The molecule has 2 fully saturated rings. The van der Waals surface area contributed by atoms with Gasteiger partial charge in [0.15, 0.2) is 0 Å². The molecule has 0 spiro atoms. The predicted octanol–water partition coefficient (Wildman–Crippen LogP) is 5.46. The minimum atomic E-state index is -0.665. The Hall–Kier alpha value is -3.85. The average molecular weight is 503 g/mol. The first-order chi connectivity index (χ1) is 18.1. The molecule has 0 atom stereocenters. The van der Waals surface area contributed by atoms with Crippen molar-refractivity contribution in [2.45, 2.75) is 19.8 Å². The first-order valence-corrected chi connectivity index (χ1v) is 12.6. The Labute approximate surface area is 214 Å². The molecule has 5 heterocycles. The molecule has 1 N–H and O–H groups in total. The zero-order valence-electron chi connectivity index (χ0n) is 20.7.